The van der Waals surface area contributed by atoms with Crippen LogP contribution in [0.2, 0.25) is 0 Å². The fourth-order valence-electron chi connectivity index (χ4n) is 3.78. The van der Waals surface area contributed by atoms with Gasteiger partial charge in [-0.1, -0.05) is 17.3 Å². The molecule has 1 saturated heterocycles. The van der Waals surface area contributed by atoms with E-state index in [9.17, 15) is 38.7 Å². The summed E-state index contributed by atoms with van der Waals surface area (Å²) in [6, 6.07) is 6.24. The number of hydrogen-bond acceptors (Lipinski definition) is 12. The molecule has 0 spiro atoms. The van der Waals surface area contributed by atoms with Crippen molar-refractivity contribution in [1.82, 2.24) is 14.3 Å². The first kappa shape index (κ1) is 30.1. The van der Waals surface area contributed by atoms with E-state index in [1.165, 1.54) is 0 Å². The van der Waals surface area contributed by atoms with E-state index in [2.05, 4.69) is 14.0 Å². The number of aromatic nitrogens is 3. The van der Waals surface area contributed by atoms with Gasteiger partial charge in [0.05, 0.1) is 13.2 Å². The third-order valence-electron chi connectivity index (χ3n) is 5.40. The number of rotatable bonds is 8. The van der Waals surface area contributed by atoms with Crippen LogP contribution in [0.5, 0.6) is 0 Å². The van der Waals surface area contributed by atoms with Crippen molar-refractivity contribution >= 4 is 26.6 Å². The van der Waals surface area contributed by atoms with Gasteiger partial charge in [0.2, 0.25) is 0 Å². The number of aryl methyl sites for hydroxylation is 1. The Bertz CT molecular complexity index is 1500. The molecule has 16 nitrogen and oxygen atoms in total. The maximum Gasteiger partial charge on any atom is 1.00 e. The van der Waals surface area contributed by atoms with Crippen LogP contribution in [0.25, 0.3) is 11.0 Å². The second kappa shape index (κ2) is 11.3. The van der Waals surface area contributed by atoms with Crippen molar-refractivity contribution < 1.29 is 81.7 Å². The quantitative estimate of drug-likeness (QED) is 0.148. The molecule has 4 N–H and O–H groups in total. The molecular weight excluding hydrogens is 551 g/mol. The summed E-state index contributed by atoms with van der Waals surface area (Å²) in [5, 5.41) is 25.2. The average molecular weight is 571 g/mol. The van der Waals surface area contributed by atoms with E-state index in [4.69, 9.17) is 14.2 Å². The predicted octanol–water partition coefficient (Wildman–Crippen LogP) is -4.27. The Balaban J connectivity index is 0.00000380. The molecular formula is C18H20N3NaO13P2. The van der Waals surface area contributed by atoms with Gasteiger partial charge in [0, 0.05) is 17.6 Å². The van der Waals surface area contributed by atoms with Crippen LogP contribution < -0.4 is 45.7 Å². The first-order chi connectivity index (χ1) is 16.8. The van der Waals surface area contributed by atoms with Crippen LogP contribution in [-0.2, 0) is 29.2 Å². The first-order valence-corrected chi connectivity index (χ1v) is 13.2. The third-order valence-corrected chi connectivity index (χ3v) is 7.53. The number of benzene rings is 1. The monoisotopic (exact) mass is 571 g/mol. The second-order valence-corrected chi connectivity index (χ2v) is 10.7. The Labute approximate surface area is 229 Å². The maximum atomic E-state index is 13.1. The zero-order chi connectivity index (χ0) is 26.4. The van der Waals surface area contributed by atoms with Gasteiger partial charge in [0.1, 0.15) is 24.0 Å². The normalized spacial score (nSPS) is 24.9. The maximum absolute atomic E-state index is 13.1. The Kier molecular flexibility index (Phi) is 9.20. The minimum Gasteiger partial charge on any atom is -0.756 e. The molecule has 0 aliphatic carbocycles. The number of phosphoric acid groups is 2. The number of nitrogens with zero attached hydrogens (tertiary/aromatic N) is 3. The van der Waals surface area contributed by atoms with Crippen LogP contribution >= 0.6 is 15.6 Å². The Morgan fingerprint density at radius 3 is 2.54 bits per heavy atom. The predicted molar refractivity (Wildman–Crippen MR) is 115 cm³/mol. The Morgan fingerprint density at radius 1 is 1.16 bits per heavy atom. The molecule has 0 saturated carbocycles. The number of fused-ring (bicyclic) bond motifs is 1. The molecule has 1 aromatic carbocycles. The fraction of sp³-hybridized carbons (Fsp3) is 0.389. The van der Waals surface area contributed by atoms with Gasteiger partial charge in [-0.15, -0.1) is 0 Å². The van der Waals surface area contributed by atoms with E-state index in [0.29, 0.717) is 16.7 Å². The van der Waals surface area contributed by atoms with E-state index < -0.39 is 58.0 Å². The van der Waals surface area contributed by atoms with Gasteiger partial charge in [-0.2, -0.15) is 0 Å². The standard InChI is InChI=1S/C18H21N3O13P2.Na/c1-9-3-2-4-11-14(9)10(19-33-11)7-21-13(22)5-6-20(18(21)25)17-16(24)15(23)12(32-17)8-31-36(29,30)34-35(26,27)28;/h2-6,12,15-17,23-24H,7-8H2,1H3,(H,29,30)(H2,26,27,28);/q;+1/p-1/t12-,15+,16?,17-;/m1./s1. The molecule has 0 radical (unpaired) electrons. The number of aliphatic hydroxyl groups excluding tert-OH is 2. The summed E-state index contributed by atoms with van der Waals surface area (Å²) in [7, 11) is -10.9. The van der Waals surface area contributed by atoms with Gasteiger partial charge in [0.25, 0.3) is 13.4 Å². The van der Waals surface area contributed by atoms with Crippen molar-refractivity contribution in [2.24, 2.45) is 0 Å². The molecule has 2 aromatic heterocycles. The molecule has 3 heterocycles. The van der Waals surface area contributed by atoms with Crippen LogP contribution in [-0.4, -0.2) is 59.2 Å². The zero-order valence-electron chi connectivity index (χ0n) is 19.3. The van der Waals surface area contributed by atoms with Gasteiger partial charge >= 0.3 is 43.1 Å². The Morgan fingerprint density at radius 2 is 1.86 bits per heavy atom. The Hall–Kier alpha value is -1.49. The second-order valence-electron chi connectivity index (χ2n) is 7.87. The largest absolute Gasteiger partial charge is 1.00 e. The van der Waals surface area contributed by atoms with E-state index in [1.54, 1.807) is 25.1 Å². The first-order valence-electron chi connectivity index (χ1n) is 10.2. The van der Waals surface area contributed by atoms with Crippen molar-refractivity contribution in [2.45, 2.75) is 38.0 Å². The molecule has 1 fully saturated rings. The number of phosphoric ester groups is 1. The molecule has 0 bridgehead atoms. The summed E-state index contributed by atoms with van der Waals surface area (Å²) in [5.74, 6) is 0. The van der Waals surface area contributed by atoms with Crippen LogP contribution in [0.3, 0.4) is 0 Å². The van der Waals surface area contributed by atoms with Gasteiger partial charge in [-0.25, -0.2) is 13.7 Å². The number of hydrogen-bond donors (Lipinski definition) is 4. The van der Waals surface area contributed by atoms with Crippen LogP contribution in [0.1, 0.15) is 17.5 Å². The average Bonchev–Trinajstić information content (AvgIpc) is 3.30. The minimum atomic E-state index is -5.63. The summed E-state index contributed by atoms with van der Waals surface area (Å²) >= 11 is 0. The minimum absolute atomic E-state index is 0. The number of ether oxygens (including phenoxy) is 1. The van der Waals surface area contributed by atoms with Gasteiger partial charge in [0.15, 0.2) is 11.8 Å². The molecule has 3 unspecified atom stereocenters. The molecule has 4 rings (SSSR count). The van der Waals surface area contributed by atoms with E-state index in [1.807, 2.05) is 0 Å². The van der Waals surface area contributed by atoms with Crippen molar-refractivity contribution in [3.63, 3.8) is 0 Å². The molecule has 37 heavy (non-hydrogen) atoms. The molecule has 19 heteroatoms. The summed E-state index contributed by atoms with van der Waals surface area (Å²) in [6.07, 6.45) is -5.60. The van der Waals surface area contributed by atoms with E-state index >= 15 is 0 Å². The summed E-state index contributed by atoms with van der Waals surface area (Å²) < 4.78 is 42.4. The summed E-state index contributed by atoms with van der Waals surface area (Å²) in [4.78, 5) is 54.1. The molecule has 3 aromatic rings. The van der Waals surface area contributed by atoms with Gasteiger partial charge in [-0.05, 0) is 18.6 Å². The summed E-state index contributed by atoms with van der Waals surface area (Å²) in [5.41, 5.74) is -0.0765. The molecule has 196 valence electrons. The van der Waals surface area contributed by atoms with E-state index in [0.717, 1.165) is 27.0 Å². The van der Waals surface area contributed by atoms with Crippen molar-refractivity contribution in [3.05, 3.63) is 62.6 Å². The SMILES string of the molecule is Cc1cccc2onc(Cn3c(=O)ccn([C@@H]4O[C@H](COP(=O)(O)OP(=O)([O-])O)[C@H](O)C4O)c3=O)c12.[Na+]. The van der Waals surface area contributed by atoms with Gasteiger partial charge in [-0.3, -0.25) is 23.0 Å². The fourth-order valence-corrected chi connectivity index (χ4v) is 5.35. The molecule has 0 amide bonds. The van der Waals surface area contributed by atoms with E-state index in [-0.39, 0.29) is 36.1 Å². The molecule has 1 aliphatic rings. The molecule has 1 aliphatic heterocycles. The number of aliphatic hydroxyl groups is 2. The van der Waals surface area contributed by atoms with Gasteiger partial charge < -0.3 is 34.2 Å². The zero-order valence-corrected chi connectivity index (χ0v) is 23.1. The van der Waals surface area contributed by atoms with Crippen LogP contribution in [0.15, 0.2) is 44.6 Å². The van der Waals surface area contributed by atoms with Crippen molar-refractivity contribution in [1.29, 1.82) is 0 Å². The summed E-state index contributed by atoms with van der Waals surface area (Å²) in [6.45, 7) is 0.547. The van der Waals surface area contributed by atoms with Crippen LogP contribution in [0, 0.1) is 6.92 Å². The topological polar surface area (TPSA) is 236 Å². The van der Waals surface area contributed by atoms with Crippen molar-refractivity contribution in [2.75, 3.05) is 6.61 Å². The van der Waals surface area contributed by atoms with Crippen LogP contribution in [0.4, 0.5) is 0 Å². The third kappa shape index (κ3) is 6.57. The smallest absolute Gasteiger partial charge is 0.756 e. The van der Waals surface area contributed by atoms with Crippen molar-refractivity contribution in [3.8, 4) is 0 Å². The molecule has 6 atom stereocenters.